The van der Waals surface area contributed by atoms with E-state index < -0.39 is 23.2 Å². The van der Waals surface area contributed by atoms with Crippen molar-refractivity contribution in [3.05, 3.63) is 88.1 Å². The predicted octanol–water partition coefficient (Wildman–Crippen LogP) is 2.46. The fourth-order valence-electron chi connectivity index (χ4n) is 4.60. The van der Waals surface area contributed by atoms with Crippen LogP contribution >= 0.6 is 23.4 Å². The molecule has 3 aromatic carbocycles. The average Bonchev–Trinajstić information content (AvgIpc) is 3.35. The normalized spacial score (nSPS) is 12.6. The van der Waals surface area contributed by atoms with Gasteiger partial charge in [0.05, 0.1) is 16.5 Å². The number of carbonyl (C=O) groups excluding carboxylic acids is 1. The van der Waals surface area contributed by atoms with E-state index >= 15 is 4.39 Å². The number of benzene rings is 3. The predicted molar refractivity (Wildman–Crippen MR) is 129 cm³/mol. The molecule has 0 unspecified atom stereocenters. The van der Waals surface area contributed by atoms with E-state index in [0.29, 0.717) is 28.9 Å². The minimum atomic E-state index is -1.58. The van der Waals surface area contributed by atoms with Gasteiger partial charge in [0, 0.05) is 51.8 Å². The summed E-state index contributed by atoms with van der Waals surface area (Å²) in [6.45, 7) is 3.93. The van der Waals surface area contributed by atoms with Gasteiger partial charge < -0.3 is 19.4 Å². The first-order valence-corrected chi connectivity index (χ1v) is 12.0. The quantitative estimate of drug-likeness (QED) is 0.367. The average molecular weight is 521 g/mol. The van der Waals surface area contributed by atoms with Gasteiger partial charge in [0.2, 0.25) is 0 Å². The standard InChI is InChI=1S/C26H21ClF2N2O2S.Na/c1-15-25(34-21-8-4-6-17(22(21)28)26(32)33)18-9-10-19(27)23(29)24(18)31(15)14-13-30-12-11-16-5-2-3-7-20(16)30;/h2-10H,11-14H2,1H3,(H,32,33);/q;+1/p-1. The number of carboxylic acids is 1. The van der Waals surface area contributed by atoms with E-state index in [9.17, 15) is 14.3 Å². The van der Waals surface area contributed by atoms with Crippen LogP contribution in [0.25, 0.3) is 10.9 Å². The minimum Gasteiger partial charge on any atom is -0.545 e. The van der Waals surface area contributed by atoms with Crippen molar-refractivity contribution < 1.29 is 48.2 Å². The van der Waals surface area contributed by atoms with E-state index in [4.69, 9.17) is 11.6 Å². The second kappa shape index (κ2) is 10.5. The molecule has 0 fully saturated rings. The molecule has 0 bridgehead atoms. The molecule has 1 aliphatic rings. The molecule has 5 rings (SSSR count). The van der Waals surface area contributed by atoms with Gasteiger partial charge in [0.15, 0.2) is 5.82 Å². The maximum absolute atomic E-state index is 15.2. The largest absolute Gasteiger partial charge is 1.00 e. The Labute approximate surface area is 233 Å². The van der Waals surface area contributed by atoms with Crippen LogP contribution in [0, 0.1) is 18.6 Å². The van der Waals surface area contributed by atoms with Gasteiger partial charge in [-0.15, -0.1) is 0 Å². The van der Waals surface area contributed by atoms with Crippen molar-refractivity contribution in [1.82, 2.24) is 4.57 Å². The molecule has 4 nitrogen and oxygen atoms in total. The van der Waals surface area contributed by atoms with E-state index in [-0.39, 0.29) is 39.5 Å². The van der Waals surface area contributed by atoms with E-state index in [0.717, 1.165) is 36.5 Å². The van der Waals surface area contributed by atoms with Crippen molar-refractivity contribution in [2.24, 2.45) is 0 Å². The van der Waals surface area contributed by atoms with Crippen LogP contribution in [0.4, 0.5) is 14.5 Å². The fourth-order valence-corrected chi connectivity index (χ4v) is 5.85. The van der Waals surface area contributed by atoms with Crippen molar-refractivity contribution in [1.29, 1.82) is 0 Å². The molecule has 0 radical (unpaired) electrons. The summed E-state index contributed by atoms with van der Waals surface area (Å²) in [6, 6.07) is 15.6. The molecule has 9 heteroatoms. The molecular weight excluding hydrogens is 501 g/mol. The SMILES string of the molecule is Cc1c(Sc2cccc(C(=O)[O-])c2F)c2ccc(Cl)c(F)c2n1CCN1CCc2ccccc21.[Na+]. The number of aromatic carboxylic acids is 1. The first-order chi connectivity index (χ1) is 16.4. The first-order valence-electron chi connectivity index (χ1n) is 10.8. The third kappa shape index (κ3) is 4.72. The number of para-hydroxylation sites is 1. The summed E-state index contributed by atoms with van der Waals surface area (Å²) >= 11 is 7.19. The molecule has 0 atom stereocenters. The van der Waals surface area contributed by atoms with Crippen molar-refractivity contribution in [3.63, 3.8) is 0 Å². The summed E-state index contributed by atoms with van der Waals surface area (Å²) < 4.78 is 32.0. The summed E-state index contributed by atoms with van der Waals surface area (Å²) in [6.07, 6.45) is 0.969. The molecule has 0 spiro atoms. The molecule has 2 heterocycles. The van der Waals surface area contributed by atoms with E-state index in [1.54, 1.807) is 6.07 Å². The molecule has 174 valence electrons. The van der Waals surface area contributed by atoms with E-state index in [1.165, 1.54) is 29.4 Å². The van der Waals surface area contributed by atoms with Crippen LogP contribution in [-0.2, 0) is 13.0 Å². The number of carbonyl (C=O) groups is 1. The topological polar surface area (TPSA) is 48.3 Å². The van der Waals surface area contributed by atoms with Crippen LogP contribution < -0.4 is 39.6 Å². The third-order valence-electron chi connectivity index (χ3n) is 6.29. The molecule has 0 saturated carbocycles. The Hall–Kier alpha value is -2.03. The molecule has 0 aliphatic carbocycles. The van der Waals surface area contributed by atoms with Crippen molar-refractivity contribution in [2.45, 2.75) is 29.7 Å². The van der Waals surface area contributed by atoms with Crippen molar-refractivity contribution >= 4 is 45.9 Å². The van der Waals surface area contributed by atoms with Gasteiger partial charge in [0.25, 0.3) is 0 Å². The van der Waals surface area contributed by atoms with Gasteiger partial charge in [0.1, 0.15) is 5.82 Å². The Balaban J connectivity index is 0.00000289. The summed E-state index contributed by atoms with van der Waals surface area (Å²) in [5.41, 5.74) is 3.09. The molecule has 0 saturated heterocycles. The summed E-state index contributed by atoms with van der Waals surface area (Å²) in [7, 11) is 0. The van der Waals surface area contributed by atoms with Gasteiger partial charge in [-0.05, 0) is 43.2 Å². The molecule has 1 aliphatic heterocycles. The third-order valence-corrected chi connectivity index (χ3v) is 7.84. The Morgan fingerprint density at radius 2 is 1.83 bits per heavy atom. The van der Waals surface area contributed by atoms with Crippen LogP contribution in [0.3, 0.4) is 0 Å². The smallest absolute Gasteiger partial charge is 0.545 e. The maximum Gasteiger partial charge on any atom is 1.00 e. The van der Waals surface area contributed by atoms with E-state index in [2.05, 4.69) is 17.0 Å². The zero-order chi connectivity index (χ0) is 24.0. The second-order valence-corrected chi connectivity index (χ2v) is 9.66. The Morgan fingerprint density at radius 1 is 1.06 bits per heavy atom. The van der Waals surface area contributed by atoms with Gasteiger partial charge >= 0.3 is 29.6 Å². The number of aromatic nitrogens is 1. The van der Waals surface area contributed by atoms with Gasteiger partial charge in [-0.25, -0.2) is 8.78 Å². The van der Waals surface area contributed by atoms with Gasteiger partial charge in [-0.2, -0.15) is 0 Å². The van der Waals surface area contributed by atoms with Crippen LogP contribution in [0.2, 0.25) is 5.02 Å². The van der Waals surface area contributed by atoms with E-state index in [1.807, 2.05) is 23.6 Å². The zero-order valence-corrected chi connectivity index (χ0v) is 22.9. The number of hydrogen-bond acceptors (Lipinski definition) is 4. The number of fused-ring (bicyclic) bond motifs is 2. The number of hydrogen-bond donors (Lipinski definition) is 0. The van der Waals surface area contributed by atoms with Crippen LogP contribution in [0.15, 0.2) is 64.4 Å². The van der Waals surface area contributed by atoms with Crippen molar-refractivity contribution in [3.8, 4) is 0 Å². The number of nitrogens with zero attached hydrogens (tertiary/aromatic N) is 2. The summed E-state index contributed by atoms with van der Waals surface area (Å²) in [5.74, 6) is -2.97. The fraction of sp³-hybridized carbons (Fsp3) is 0.192. The number of halogens is 3. The van der Waals surface area contributed by atoms with Crippen LogP contribution in [-0.4, -0.2) is 23.6 Å². The summed E-state index contributed by atoms with van der Waals surface area (Å²) in [4.78, 5) is 14.3. The van der Waals surface area contributed by atoms with Crippen LogP contribution in [0.1, 0.15) is 21.6 Å². The van der Waals surface area contributed by atoms with Crippen molar-refractivity contribution in [2.75, 3.05) is 18.0 Å². The maximum atomic E-state index is 15.2. The number of carboxylic acid groups (broad SMARTS) is 1. The Kier molecular flexibility index (Phi) is 7.83. The molecule has 1 aromatic heterocycles. The zero-order valence-electron chi connectivity index (χ0n) is 19.3. The monoisotopic (exact) mass is 520 g/mol. The number of anilines is 1. The molecular formula is C26H20ClF2N2NaO2S. The summed E-state index contributed by atoms with van der Waals surface area (Å²) in [5, 5.41) is 11.9. The van der Waals surface area contributed by atoms with Gasteiger partial charge in [-0.1, -0.05) is 53.7 Å². The molecule has 0 amide bonds. The minimum absolute atomic E-state index is 0. The molecule has 0 N–H and O–H groups in total. The second-order valence-electron chi connectivity index (χ2n) is 8.20. The van der Waals surface area contributed by atoms with Crippen LogP contribution in [0.5, 0.6) is 0 Å². The Morgan fingerprint density at radius 3 is 2.60 bits per heavy atom. The first kappa shape index (κ1) is 26.0. The molecule has 35 heavy (non-hydrogen) atoms. The number of rotatable bonds is 6. The van der Waals surface area contributed by atoms with Gasteiger partial charge in [-0.3, -0.25) is 0 Å². The Bertz CT molecular complexity index is 1440. The molecule has 4 aromatic rings.